The van der Waals surface area contributed by atoms with Crippen LogP contribution in [0.15, 0.2) is 30.3 Å². The molecule has 0 aliphatic carbocycles. The minimum atomic E-state index is 0. The molecule has 2 saturated heterocycles. The van der Waals surface area contributed by atoms with E-state index in [1.165, 1.54) is 5.56 Å². The smallest absolute Gasteiger partial charge is 0.224 e. The van der Waals surface area contributed by atoms with E-state index in [4.69, 9.17) is 0 Å². The van der Waals surface area contributed by atoms with Crippen molar-refractivity contribution < 1.29 is 4.79 Å². The lowest BCUT2D eigenvalue weighted by Gasteiger charge is -2.33. The second-order valence-corrected chi connectivity index (χ2v) is 6.90. The van der Waals surface area contributed by atoms with Crippen molar-refractivity contribution >= 4 is 30.7 Å². The van der Waals surface area contributed by atoms with Gasteiger partial charge in [-0.15, -0.1) is 24.8 Å². The number of nitrogens with one attached hydrogen (secondary N) is 2. The predicted octanol–water partition coefficient (Wildman–Crippen LogP) is 2.65. The first kappa shape index (κ1) is 22.2. The number of rotatable bonds is 5. The molecule has 1 atom stereocenters. The third-order valence-corrected chi connectivity index (χ3v) is 5.16. The van der Waals surface area contributed by atoms with E-state index in [0.29, 0.717) is 6.04 Å². The zero-order valence-electron chi connectivity index (χ0n) is 14.8. The van der Waals surface area contributed by atoms with Crippen LogP contribution in [0.2, 0.25) is 0 Å². The Kier molecular flexibility index (Phi) is 10.4. The fourth-order valence-corrected chi connectivity index (χ4v) is 3.63. The molecule has 2 heterocycles. The summed E-state index contributed by atoms with van der Waals surface area (Å²) in [5, 5.41) is 6.60. The average molecular weight is 388 g/mol. The molecular weight excluding hydrogens is 357 g/mol. The number of hydrogen-bond acceptors (Lipinski definition) is 3. The Hall–Kier alpha value is -0.810. The van der Waals surface area contributed by atoms with Crippen LogP contribution in [-0.2, 0) is 11.2 Å². The molecule has 0 spiro atoms. The van der Waals surface area contributed by atoms with Gasteiger partial charge in [0.1, 0.15) is 0 Å². The monoisotopic (exact) mass is 387 g/mol. The summed E-state index contributed by atoms with van der Waals surface area (Å²) < 4.78 is 0. The van der Waals surface area contributed by atoms with Crippen LogP contribution in [0.25, 0.3) is 0 Å². The van der Waals surface area contributed by atoms with Gasteiger partial charge in [-0.05, 0) is 44.2 Å². The van der Waals surface area contributed by atoms with Crippen molar-refractivity contribution in [2.24, 2.45) is 5.92 Å². The summed E-state index contributed by atoms with van der Waals surface area (Å²) in [4.78, 5) is 14.8. The van der Waals surface area contributed by atoms with E-state index in [9.17, 15) is 4.79 Å². The lowest BCUT2D eigenvalue weighted by atomic mass is 9.97. The second kappa shape index (κ2) is 11.7. The number of carbonyl (C=O) groups is 1. The van der Waals surface area contributed by atoms with Crippen molar-refractivity contribution in [1.82, 2.24) is 15.5 Å². The Morgan fingerprint density at radius 2 is 1.84 bits per heavy atom. The molecule has 25 heavy (non-hydrogen) atoms. The first-order chi connectivity index (χ1) is 11.3. The average Bonchev–Trinajstić information content (AvgIpc) is 2.63. The van der Waals surface area contributed by atoms with Crippen LogP contribution >= 0.6 is 24.8 Å². The lowest BCUT2D eigenvalue weighted by molar-refractivity contribution is -0.126. The number of benzene rings is 1. The first-order valence-corrected chi connectivity index (χ1v) is 9.08. The van der Waals surface area contributed by atoms with Gasteiger partial charge in [-0.2, -0.15) is 0 Å². The molecule has 0 aromatic heterocycles. The molecule has 1 amide bonds. The second-order valence-electron chi connectivity index (χ2n) is 6.90. The van der Waals surface area contributed by atoms with Crippen LogP contribution in [0.5, 0.6) is 0 Å². The SMILES string of the molecule is Cl.Cl.O=C(NC1CCN(CCc2ccccc2)CC1)C1CCCNC1. The molecule has 2 aliphatic rings. The van der Waals surface area contributed by atoms with Gasteiger partial charge in [0.25, 0.3) is 0 Å². The van der Waals surface area contributed by atoms with Gasteiger partial charge in [-0.1, -0.05) is 30.3 Å². The summed E-state index contributed by atoms with van der Waals surface area (Å²) in [5.41, 5.74) is 1.41. The lowest BCUT2D eigenvalue weighted by Crippen LogP contribution is -2.48. The molecule has 2 fully saturated rings. The van der Waals surface area contributed by atoms with Crippen molar-refractivity contribution in [3.63, 3.8) is 0 Å². The summed E-state index contributed by atoms with van der Waals surface area (Å²) in [6.45, 7) is 5.23. The number of hydrogen-bond donors (Lipinski definition) is 2. The minimum Gasteiger partial charge on any atom is -0.353 e. The van der Waals surface area contributed by atoms with Gasteiger partial charge < -0.3 is 15.5 Å². The topological polar surface area (TPSA) is 44.4 Å². The van der Waals surface area contributed by atoms with Crippen LogP contribution in [0, 0.1) is 5.92 Å². The van der Waals surface area contributed by atoms with Crippen LogP contribution in [0.3, 0.4) is 0 Å². The first-order valence-electron chi connectivity index (χ1n) is 9.08. The predicted molar refractivity (Wildman–Crippen MR) is 108 cm³/mol. The molecule has 2 N–H and O–H groups in total. The highest BCUT2D eigenvalue weighted by atomic mass is 35.5. The Balaban J connectivity index is 0.00000156. The van der Waals surface area contributed by atoms with Gasteiger partial charge in [0.15, 0.2) is 0 Å². The standard InChI is InChI=1S/C19H29N3O.2ClH/c23-19(17-7-4-11-20-15-17)21-18-9-13-22(14-10-18)12-8-16-5-2-1-3-6-16;;/h1-3,5-6,17-18,20H,4,7-15H2,(H,21,23);2*1H. The molecule has 142 valence electrons. The van der Waals surface area contributed by atoms with Gasteiger partial charge in [0.05, 0.1) is 5.92 Å². The van der Waals surface area contributed by atoms with E-state index in [1.807, 2.05) is 0 Å². The maximum absolute atomic E-state index is 12.3. The number of likely N-dealkylation sites (tertiary alicyclic amines) is 1. The van der Waals surface area contributed by atoms with Gasteiger partial charge in [-0.3, -0.25) is 4.79 Å². The highest BCUT2D eigenvalue weighted by Crippen LogP contribution is 2.14. The largest absolute Gasteiger partial charge is 0.353 e. The number of nitrogens with zero attached hydrogens (tertiary/aromatic N) is 1. The Labute approximate surface area is 163 Å². The maximum Gasteiger partial charge on any atom is 0.224 e. The zero-order chi connectivity index (χ0) is 15.9. The van der Waals surface area contributed by atoms with Crippen molar-refractivity contribution in [2.45, 2.75) is 38.1 Å². The highest BCUT2D eigenvalue weighted by Gasteiger charge is 2.25. The van der Waals surface area contributed by atoms with Crippen LogP contribution < -0.4 is 10.6 Å². The van der Waals surface area contributed by atoms with Crippen LogP contribution in [0.4, 0.5) is 0 Å². The summed E-state index contributed by atoms with van der Waals surface area (Å²) in [6.07, 6.45) is 5.44. The maximum atomic E-state index is 12.3. The van der Waals surface area contributed by atoms with Crippen LogP contribution in [0.1, 0.15) is 31.2 Å². The van der Waals surface area contributed by atoms with E-state index in [1.54, 1.807) is 0 Å². The number of halogens is 2. The van der Waals surface area contributed by atoms with Crippen molar-refractivity contribution in [3.8, 4) is 0 Å². The summed E-state index contributed by atoms with van der Waals surface area (Å²) in [7, 11) is 0. The molecule has 3 rings (SSSR count). The van der Waals surface area contributed by atoms with Gasteiger partial charge >= 0.3 is 0 Å². The molecule has 1 aromatic rings. The highest BCUT2D eigenvalue weighted by molar-refractivity contribution is 5.85. The normalized spacial score (nSPS) is 21.7. The molecule has 4 nitrogen and oxygen atoms in total. The molecule has 1 unspecified atom stereocenters. The van der Waals surface area contributed by atoms with E-state index in [2.05, 4.69) is 45.9 Å². The molecule has 6 heteroatoms. The minimum absolute atomic E-state index is 0. The quantitative estimate of drug-likeness (QED) is 0.815. The third kappa shape index (κ3) is 7.14. The summed E-state index contributed by atoms with van der Waals surface area (Å²) in [6, 6.07) is 11.1. The molecule has 0 bridgehead atoms. The van der Waals surface area contributed by atoms with Crippen LogP contribution in [-0.4, -0.2) is 49.6 Å². The Morgan fingerprint density at radius 1 is 1.12 bits per heavy atom. The Bertz CT molecular complexity index is 487. The fraction of sp³-hybridized carbons (Fsp3) is 0.632. The van der Waals surface area contributed by atoms with Crippen molar-refractivity contribution in [3.05, 3.63) is 35.9 Å². The van der Waals surface area contributed by atoms with Crippen molar-refractivity contribution in [2.75, 3.05) is 32.7 Å². The summed E-state index contributed by atoms with van der Waals surface area (Å²) >= 11 is 0. The van der Waals surface area contributed by atoms with E-state index in [-0.39, 0.29) is 36.6 Å². The molecule has 1 aromatic carbocycles. The number of amides is 1. The fourth-order valence-electron chi connectivity index (χ4n) is 3.63. The van der Waals surface area contributed by atoms with E-state index in [0.717, 1.165) is 64.8 Å². The number of carbonyl (C=O) groups excluding carboxylic acids is 1. The Morgan fingerprint density at radius 3 is 2.48 bits per heavy atom. The zero-order valence-corrected chi connectivity index (χ0v) is 16.4. The van der Waals surface area contributed by atoms with E-state index < -0.39 is 0 Å². The summed E-state index contributed by atoms with van der Waals surface area (Å²) in [5.74, 6) is 0.444. The third-order valence-electron chi connectivity index (χ3n) is 5.16. The number of piperidine rings is 2. The van der Waals surface area contributed by atoms with Gasteiger partial charge in [0.2, 0.25) is 5.91 Å². The van der Waals surface area contributed by atoms with Gasteiger partial charge in [-0.25, -0.2) is 0 Å². The van der Waals surface area contributed by atoms with Gasteiger partial charge in [0, 0.05) is 32.2 Å². The molecule has 0 saturated carbocycles. The molecular formula is C19H31Cl2N3O. The van der Waals surface area contributed by atoms with Crippen molar-refractivity contribution in [1.29, 1.82) is 0 Å². The van der Waals surface area contributed by atoms with E-state index >= 15 is 0 Å². The molecule has 0 radical (unpaired) electrons. The molecule has 2 aliphatic heterocycles.